The van der Waals surface area contributed by atoms with Gasteiger partial charge in [0.2, 0.25) is 5.95 Å². The number of aromatic hydroxyl groups is 2. The second kappa shape index (κ2) is 12.4. The van der Waals surface area contributed by atoms with Gasteiger partial charge in [0.05, 0.1) is 36.3 Å². The van der Waals surface area contributed by atoms with Crippen molar-refractivity contribution in [3.8, 4) is 17.2 Å². The lowest BCUT2D eigenvalue weighted by molar-refractivity contribution is -0.118. The van der Waals surface area contributed by atoms with Crippen LogP contribution in [0.25, 0.3) is 0 Å². The van der Waals surface area contributed by atoms with Crippen LogP contribution in [0.4, 0.5) is 21.8 Å². The number of hydrazone groups is 1. The summed E-state index contributed by atoms with van der Waals surface area (Å²) in [5, 5.41) is 26.8. The topological polar surface area (TPSA) is 141 Å². The van der Waals surface area contributed by atoms with Crippen molar-refractivity contribution in [3.63, 3.8) is 0 Å². The molecule has 2 aromatic carbocycles. The van der Waals surface area contributed by atoms with Crippen LogP contribution in [0.15, 0.2) is 40.0 Å². The Labute approximate surface area is 234 Å². The van der Waals surface area contributed by atoms with Crippen LogP contribution in [0, 0.1) is 5.82 Å². The Kier molecular flexibility index (Phi) is 9.05. The van der Waals surface area contributed by atoms with Gasteiger partial charge in [-0.2, -0.15) is 10.1 Å². The monoisotopic (exact) mass is 628 g/mol. The third-order valence-electron chi connectivity index (χ3n) is 5.18. The summed E-state index contributed by atoms with van der Waals surface area (Å²) in [7, 11) is 0. The highest BCUT2D eigenvalue weighted by atomic mass is 79.9. The molecule has 0 saturated carbocycles. The molecule has 4 rings (SSSR count). The number of nitrogens with zero attached hydrogens (tertiary/aromatic N) is 4. The normalized spacial score (nSPS) is 13.5. The predicted molar refractivity (Wildman–Crippen MR) is 144 cm³/mol. The van der Waals surface area contributed by atoms with Gasteiger partial charge < -0.3 is 29.9 Å². The van der Waals surface area contributed by atoms with Crippen LogP contribution in [0.1, 0.15) is 5.56 Å². The van der Waals surface area contributed by atoms with Gasteiger partial charge in [-0.15, -0.1) is 0 Å². The minimum atomic E-state index is -0.601. The maximum absolute atomic E-state index is 14.2. The number of anilines is 3. The average molecular weight is 630 g/mol. The summed E-state index contributed by atoms with van der Waals surface area (Å²) in [6.07, 6.45) is 2.30. The zero-order valence-electron chi connectivity index (χ0n) is 19.4. The maximum Gasteiger partial charge on any atom is 0.262 e. The highest BCUT2D eigenvalue weighted by Crippen LogP contribution is 2.36. The summed E-state index contributed by atoms with van der Waals surface area (Å²) in [6.45, 7) is 1.47. The zero-order chi connectivity index (χ0) is 27.2. The minimum Gasteiger partial charge on any atom is -0.506 e. The minimum absolute atomic E-state index is 0.0398. The second-order valence-corrected chi connectivity index (χ2v) is 9.47. The molecular weight excluding hydrogens is 610 g/mol. The van der Waals surface area contributed by atoms with Crippen molar-refractivity contribution in [3.05, 3.63) is 56.4 Å². The van der Waals surface area contributed by atoms with Crippen molar-refractivity contribution in [2.45, 2.75) is 0 Å². The number of carbonyl (C=O) groups is 1. The van der Waals surface area contributed by atoms with Gasteiger partial charge in [0.25, 0.3) is 5.91 Å². The van der Waals surface area contributed by atoms with E-state index in [1.807, 2.05) is 0 Å². The molecule has 200 valence electrons. The number of hydrogen-bond acceptors (Lipinski definition) is 10. The van der Waals surface area contributed by atoms with E-state index in [0.717, 1.165) is 6.20 Å². The predicted octanol–water partition coefficient (Wildman–Crippen LogP) is 4.40. The summed E-state index contributed by atoms with van der Waals surface area (Å²) in [4.78, 5) is 22.0. The van der Waals surface area contributed by atoms with Gasteiger partial charge in [-0.05, 0) is 24.3 Å². The molecule has 1 aliphatic rings. The average Bonchev–Trinajstić information content (AvgIpc) is 2.90. The van der Waals surface area contributed by atoms with Crippen molar-refractivity contribution < 1.29 is 28.9 Å². The number of phenols is 2. The van der Waals surface area contributed by atoms with Crippen LogP contribution in [-0.4, -0.2) is 65.2 Å². The Bertz CT molecular complexity index is 1380. The molecule has 0 bridgehead atoms. The number of phenolic OH excluding ortho intramolecular Hbond substituents is 2. The highest BCUT2D eigenvalue weighted by molar-refractivity contribution is 9.10. The molecule has 1 saturated heterocycles. The van der Waals surface area contributed by atoms with Crippen molar-refractivity contribution in [2.24, 2.45) is 5.10 Å². The van der Waals surface area contributed by atoms with Crippen molar-refractivity contribution in [1.29, 1.82) is 0 Å². The smallest absolute Gasteiger partial charge is 0.262 e. The van der Waals surface area contributed by atoms with E-state index in [0.29, 0.717) is 30.8 Å². The highest BCUT2D eigenvalue weighted by Gasteiger charge is 2.18. The van der Waals surface area contributed by atoms with E-state index >= 15 is 0 Å². The second-order valence-electron chi connectivity index (χ2n) is 7.77. The van der Waals surface area contributed by atoms with E-state index in [9.17, 15) is 19.4 Å². The van der Waals surface area contributed by atoms with E-state index in [1.165, 1.54) is 30.5 Å². The number of ether oxygens (including phenoxy) is 2. The van der Waals surface area contributed by atoms with E-state index in [-0.39, 0.29) is 50.3 Å². The van der Waals surface area contributed by atoms with Crippen molar-refractivity contribution in [2.75, 3.05) is 48.6 Å². The summed E-state index contributed by atoms with van der Waals surface area (Å²) >= 11 is 15.3. The molecule has 0 radical (unpaired) electrons. The van der Waals surface area contributed by atoms with Crippen LogP contribution in [0.2, 0.25) is 10.0 Å². The Morgan fingerprint density at radius 1 is 1.26 bits per heavy atom. The van der Waals surface area contributed by atoms with Gasteiger partial charge in [0, 0.05) is 23.1 Å². The third-order valence-corrected chi connectivity index (χ3v) is 6.29. The van der Waals surface area contributed by atoms with E-state index in [1.54, 1.807) is 4.90 Å². The maximum atomic E-state index is 14.2. The molecule has 1 fully saturated rings. The fourth-order valence-electron chi connectivity index (χ4n) is 3.34. The van der Waals surface area contributed by atoms with Gasteiger partial charge in [-0.3, -0.25) is 4.79 Å². The molecular formula is C23H20BrCl2FN6O5. The largest absolute Gasteiger partial charge is 0.506 e. The molecule has 1 amide bonds. The van der Waals surface area contributed by atoms with Gasteiger partial charge in [-0.1, -0.05) is 39.1 Å². The van der Waals surface area contributed by atoms with E-state index in [4.69, 9.17) is 32.7 Å². The lowest BCUT2D eigenvalue weighted by Gasteiger charge is -2.27. The molecule has 3 aromatic rings. The van der Waals surface area contributed by atoms with Crippen LogP contribution in [0.5, 0.6) is 17.2 Å². The van der Waals surface area contributed by atoms with E-state index < -0.39 is 18.3 Å². The number of benzene rings is 2. The molecule has 15 heteroatoms. The van der Waals surface area contributed by atoms with Crippen molar-refractivity contribution in [1.82, 2.24) is 9.97 Å². The first-order chi connectivity index (χ1) is 18.2. The number of aromatic nitrogens is 2. The third kappa shape index (κ3) is 6.72. The first-order valence-electron chi connectivity index (χ1n) is 11.0. The molecule has 1 aliphatic heterocycles. The molecule has 0 atom stereocenters. The fraction of sp³-hybridized carbons (Fsp3) is 0.217. The molecule has 0 aliphatic carbocycles. The zero-order valence-corrected chi connectivity index (χ0v) is 22.5. The van der Waals surface area contributed by atoms with Gasteiger partial charge in [0.15, 0.2) is 24.0 Å². The van der Waals surface area contributed by atoms with E-state index in [2.05, 4.69) is 41.7 Å². The number of morpholine rings is 1. The summed E-state index contributed by atoms with van der Waals surface area (Å²) < 4.78 is 25.4. The first kappa shape index (κ1) is 27.6. The standard InChI is InChI=1S/C23H20BrCl2FN6O5/c24-13-7-14(25)21(36)16(8-13)30-18(34)11-38-17-2-1-12(20(35)19(17)26)9-29-32-23-28-10-15(27)22(31-23)33-3-5-37-6-4-33/h1-2,7-10,35-36H,3-6,11H2,(H,30,34)(H,28,31,32)/b29-9+. The molecule has 0 unspecified atom stereocenters. The lowest BCUT2D eigenvalue weighted by atomic mass is 10.2. The Hall–Kier alpha value is -3.39. The number of hydrogen-bond donors (Lipinski definition) is 4. The molecule has 2 heterocycles. The molecule has 11 nitrogen and oxygen atoms in total. The first-order valence-corrected chi connectivity index (χ1v) is 12.5. The molecule has 0 spiro atoms. The summed E-state index contributed by atoms with van der Waals surface area (Å²) in [6, 6.07) is 5.85. The number of nitrogens with one attached hydrogen (secondary N) is 2. The summed E-state index contributed by atoms with van der Waals surface area (Å²) in [5.41, 5.74) is 2.90. The van der Waals surface area contributed by atoms with Crippen LogP contribution < -0.4 is 20.4 Å². The molecule has 4 N–H and O–H groups in total. The number of amides is 1. The summed E-state index contributed by atoms with van der Waals surface area (Å²) in [5.74, 6) is -1.57. The number of rotatable bonds is 8. The van der Waals surface area contributed by atoms with Gasteiger partial charge in [0.1, 0.15) is 16.5 Å². The van der Waals surface area contributed by atoms with Crippen LogP contribution in [-0.2, 0) is 9.53 Å². The fourth-order valence-corrected chi connectivity index (χ4v) is 4.37. The molecule has 1 aromatic heterocycles. The van der Waals surface area contributed by atoms with Gasteiger partial charge in [-0.25, -0.2) is 14.8 Å². The number of halogens is 4. The molecule has 38 heavy (non-hydrogen) atoms. The Morgan fingerprint density at radius 2 is 2.03 bits per heavy atom. The van der Waals surface area contributed by atoms with Crippen LogP contribution >= 0.6 is 39.1 Å². The lowest BCUT2D eigenvalue weighted by Crippen LogP contribution is -2.37. The Balaban J connectivity index is 1.37. The Morgan fingerprint density at radius 3 is 2.79 bits per heavy atom. The van der Waals surface area contributed by atoms with Crippen molar-refractivity contribution >= 4 is 68.7 Å². The van der Waals surface area contributed by atoms with Crippen LogP contribution in [0.3, 0.4) is 0 Å². The number of carbonyl (C=O) groups excluding carboxylic acids is 1. The van der Waals surface area contributed by atoms with Gasteiger partial charge >= 0.3 is 0 Å². The SMILES string of the molecule is O=C(COc1ccc(/C=N/Nc2ncc(F)c(N3CCOCC3)n2)c(O)c1Cl)Nc1cc(Br)cc(Cl)c1O. The quantitative estimate of drug-likeness (QED) is 0.162.